The van der Waals surface area contributed by atoms with Gasteiger partial charge < -0.3 is 14.1 Å². The Hall–Kier alpha value is -1.82. The summed E-state index contributed by atoms with van der Waals surface area (Å²) in [7, 11) is 3.07. The van der Waals surface area contributed by atoms with Gasteiger partial charge in [-0.15, -0.1) is 0 Å². The van der Waals surface area contributed by atoms with E-state index in [4.69, 9.17) is 4.42 Å². The molecule has 0 saturated heterocycles. The van der Waals surface area contributed by atoms with Crippen molar-refractivity contribution in [2.75, 3.05) is 33.8 Å². The summed E-state index contributed by atoms with van der Waals surface area (Å²) in [6.45, 7) is 5.29. The van der Waals surface area contributed by atoms with Crippen molar-refractivity contribution in [3.8, 4) is 0 Å². The zero-order valence-electron chi connectivity index (χ0n) is 13.2. The highest BCUT2D eigenvalue weighted by Gasteiger charge is 2.17. The van der Waals surface area contributed by atoms with Gasteiger partial charge >= 0.3 is 5.97 Å². The molecular formula is C15H24N2O4. The van der Waals surface area contributed by atoms with Crippen molar-refractivity contribution in [1.29, 1.82) is 0 Å². The summed E-state index contributed by atoms with van der Waals surface area (Å²) in [5.41, 5.74) is 0. The van der Waals surface area contributed by atoms with Gasteiger partial charge in [-0.1, -0.05) is 6.92 Å². The lowest BCUT2D eigenvalue weighted by molar-refractivity contribution is -0.142. The molecule has 6 nitrogen and oxygen atoms in total. The third-order valence-electron chi connectivity index (χ3n) is 3.09. The summed E-state index contributed by atoms with van der Waals surface area (Å²) in [6.07, 6.45) is 0.866. The Balaban J connectivity index is 2.53. The Morgan fingerprint density at radius 1 is 1.29 bits per heavy atom. The molecule has 0 atom stereocenters. The lowest BCUT2D eigenvalue weighted by atomic mass is 10.3. The molecule has 1 rings (SSSR count). The molecule has 118 valence electrons. The van der Waals surface area contributed by atoms with Crippen molar-refractivity contribution in [3.63, 3.8) is 0 Å². The van der Waals surface area contributed by atoms with Gasteiger partial charge in [-0.2, -0.15) is 0 Å². The van der Waals surface area contributed by atoms with E-state index in [0.717, 1.165) is 17.9 Å². The van der Waals surface area contributed by atoms with E-state index < -0.39 is 0 Å². The molecule has 6 heteroatoms. The zero-order valence-corrected chi connectivity index (χ0v) is 13.2. The standard InChI is InChI=1S/C15H24N2O4/c1-5-8-17(11-15(19)20-4)10-14(18)16(3)9-13-7-6-12(2)21-13/h6-7H,5,8-11H2,1-4H3. The van der Waals surface area contributed by atoms with E-state index in [0.29, 0.717) is 13.1 Å². The Morgan fingerprint density at radius 2 is 2.00 bits per heavy atom. The van der Waals surface area contributed by atoms with Gasteiger partial charge in [-0.05, 0) is 32.0 Å². The van der Waals surface area contributed by atoms with Crippen LogP contribution in [0.3, 0.4) is 0 Å². The van der Waals surface area contributed by atoms with Crippen LogP contribution in [-0.2, 0) is 20.9 Å². The zero-order chi connectivity index (χ0) is 15.8. The first kappa shape index (κ1) is 17.2. The molecule has 0 aliphatic heterocycles. The lowest BCUT2D eigenvalue weighted by Gasteiger charge is -2.23. The molecule has 0 aromatic carbocycles. The van der Waals surface area contributed by atoms with E-state index in [1.165, 1.54) is 7.11 Å². The molecule has 21 heavy (non-hydrogen) atoms. The minimum Gasteiger partial charge on any atom is -0.468 e. The Labute approximate surface area is 125 Å². The number of ether oxygens (including phenoxy) is 1. The van der Waals surface area contributed by atoms with Gasteiger partial charge in [0.25, 0.3) is 0 Å². The normalized spacial score (nSPS) is 10.7. The van der Waals surface area contributed by atoms with E-state index in [9.17, 15) is 9.59 Å². The minimum absolute atomic E-state index is 0.0543. The average molecular weight is 296 g/mol. The van der Waals surface area contributed by atoms with Gasteiger partial charge in [-0.25, -0.2) is 0 Å². The van der Waals surface area contributed by atoms with Gasteiger partial charge in [0, 0.05) is 7.05 Å². The largest absolute Gasteiger partial charge is 0.468 e. The number of amides is 1. The molecule has 0 saturated carbocycles. The number of rotatable bonds is 8. The second-order valence-corrected chi connectivity index (χ2v) is 5.05. The third kappa shape index (κ3) is 5.99. The number of methoxy groups -OCH3 is 1. The second-order valence-electron chi connectivity index (χ2n) is 5.05. The summed E-state index contributed by atoms with van der Waals surface area (Å²) in [5, 5.41) is 0. The summed E-state index contributed by atoms with van der Waals surface area (Å²) in [6, 6.07) is 3.73. The quantitative estimate of drug-likeness (QED) is 0.679. The maximum atomic E-state index is 12.2. The van der Waals surface area contributed by atoms with Crippen molar-refractivity contribution < 1.29 is 18.7 Å². The van der Waals surface area contributed by atoms with Crippen LogP contribution < -0.4 is 0 Å². The Bertz CT molecular complexity index is 470. The van der Waals surface area contributed by atoms with Crippen LogP contribution in [0.2, 0.25) is 0 Å². The van der Waals surface area contributed by atoms with Crippen LogP contribution in [0.4, 0.5) is 0 Å². The van der Waals surface area contributed by atoms with Crippen molar-refractivity contribution >= 4 is 11.9 Å². The highest BCUT2D eigenvalue weighted by molar-refractivity contribution is 5.79. The number of nitrogens with zero attached hydrogens (tertiary/aromatic N) is 2. The molecule has 0 spiro atoms. The monoisotopic (exact) mass is 296 g/mol. The van der Waals surface area contributed by atoms with Crippen LogP contribution in [0.5, 0.6) is 0 Å². The van der Waals surface area contributed by atoms with Gasteiger partial charge in [0.15, 0.2) is 0 Å². The molecule has 0 aliphatic carbocycles. The molecule has 1 aromatic heterocycles. The molecule has 0 radical (unpaired) electrons. The first-order chi connectivity index (χ1) is 9.96. The van der Waals surface area contributed by atoms with Crippen LogP contribution >= 0.6 is 0 Å². The molecule has 1 heterocycles. The van der Waals surface area contributed by atoms with Gasteiger partial charge in [0.1, 0.15) is 11.5 Å². The number of esters is 1. The first-order valence-corrected chi connectivity index (χ1v) is 7.04. The van der Waals surface area contributed by atoms with Crippen LogP contribution in [0, 0.1) is 6.92 Å². The van der Waals surface area contributed by atoms with Crippen molar-refractivity contribution in [2.24, 2.45) is 0 Å². The SMILES string of the molecule is CCCN(CC(=O)OC)CC(=O)N(C)Cc1ccc(C)o1. The maximum absolute atomic E-state index is 12.2. The molecule has 1 amide bonds. The van der Waals surface area contributed by atoms with E-state index in [-0.39, 0.29) is 25.0 Å². The number of aryl methyl sites for hydroxylation is 1. The van der Waals surface area contributed by atoms with Crippen molar-refractivity contribution in [1.82, 2.24) is 9.80 Å². The fourth-order valence-corrected chi connectivity index (χ4v) is 1.98. The minimum atomic E-state index is -0.333. The van der Waals surface area contributed by atoms with E-state index >= 15 is 0 Å². The number of hydrogen-bond donors (Lipinski definition) is 0. The molecule has 0 unspecified atom stereocenters. The van der Waals surface area contributed by atoms with Crippen molar-refractivity contribution in [3.05, 3.63) is 23.7 Å². The number of carbonyl (C=O) groups excluding carboxylic acids is 2. The Morgan fingerprint density at radius 3 is 2.52 bits per heavy atom. The highest BCUT2D eigenvalue weighted by atomic mass is 16.5. The molecule has 0 fully saturated rings. The molecule has 0 bridgehead atoms. The average Bonchev–Trinajstić information content (AvgIpc) is 2.84. The predicted molar refractivity (Wildman–Crippen MR) is 78.7 cm³/mol. The van der Waals surface area contributed by atoms with E-state index in [2.05, 4.69) is 4.74 Å². The van der Waals surface area contributed by atoms with E-state index in [1.54, 1.807) is 16.8 Å². The van der Waals surface area contributed by atoms with Crippen LogP contribution in [0.25, 0.3) is 0 Å². The molecule has 0 N–H and O–H groups in total. The third-order valence-corrected chi connectivity index (χ3v) is 3.09. The van der Waals surface area contributed by atoms with Crippen LogP contribution in [0.15, 0.2) is 16.5 Å². The smallest absolute Gasteiger partial charge is 0.319 e. The summed E-state index contributed by atoms with van der Waals surface area (Å²) < 4.78 is 10.1. The second kappa shape index (κ2) is 8.46. The molecular weight excluding hydrogens is 272 g/mol. The Kier molecular flexibility index (Phi) is 6.94. The summed E-state index contributed by atoms with van der Waals surface area (Å²) >= 11 is 0. The topological polar surface area (TPSA) is 63.0 Å². The number of furan rings is 1. The van der Waals surface area contributed by atoms with Crippen LogP contribution in [0.1, 0.15) is 24.9 Å². The van der Waals surface area contributed by atoms with Gasteiger partial charge in [0.05, 0.1) is 26.7 Å². The molecule has 0 aliphatic rings. The number of likely N-dealkylation sites (N-methyl/N-ethyl adjacent to an activating group) is 1. The number of carbonyl (C=O) groups is 2. The predicted octanol–water partition coefficient (Wildman–Crippen LogP) is 1.43. The van der Waals surface area contributed by atoms with Gasteiger partial charge in [0.2, 0.25) is 5.91 Å². The van der Waals surface area contributed by atoms with Gasteiger partial charge in [-0.3, -0.25) is 14.5 Å². The van der Waals surface area contributed by atoms with E-state index in [1.807, 2.05) is 26.0 Å². The maximum Gasteiger partial charge on any atom is 0.319 e. The fourth-order valence-electron chi connectivity index (χ4n) is 1.98. The molecule has 1 aromatic rings. The summed E-state index contributed by atoms with van der Waals surface area (Å²) in [5.74, 6) is 1.18. The lowest BCUT2D eigenvalue weighted by Crippen LogP contribution is -2.41. The number of hydrogen-bond acceptors (Lipinski definition) is 5. The fraction of sp³-hybridized carbons (Fsp3) is 0.600. The van der Waals surface area contributed by atoms with Crippen LogP contribution in [-0.4, -0.2) is 55.5 Å². The highest BCUT2D eigenvalue weighted by Crippen LogP contribution is 2.09. The van der Waals surface area contributed by atoms with Crippen molar-refractivity contribution in [2.45, 2.75) is 26.8 Å². The first-order valence-electron chi connectivity index (χ1n) is 7.04. The summed E-state index contributed by atoms with van der Waals surface area (Å²) in [4.78, 5) is 26.9.